The molecule has 1 aromatic rings. The molecule has 0 heterocycles. The van der Waals surface area contributed by atoms with Gasteiger partial charge in [0, 0.05) is 27.6 Å². The minimum Gasteiger partial charge on any atom is -0.398 e. The molecule has 1 aliphatic rings. The Labute approximate surface area is 109 Å². The minimum atomic E-state index is 0.0180. The van der Waals surface area contributed by atoms with Crippen LogP contribution < -0.4 is 5.73 Å². The van der Waals surface area contributed by atoms with Gasteiger partial charge in [0.15, 0.2) is 5.78 Å². The summed E-state index contributed by atoms with van der Waals surface area (Å²) in [6.45, 7) is 2.01. The van der Waals surface area contributed by atoms with Crippen LogP contribution in [0.2, 0.25) is 0 Å². The van der Waals surface area contributed by atoms with Crippen molar-refractivity contribution >= 4 is 21.7 Å². The maximum Gasteiger partial charge on any atom is 0.191 e. The van der Waals surface area contributed by atoms with Crippen molar-refractivity contribution in [2.75, 3.05) is 0 Å². The second-order valence-corrected chi connectivity index (χ2v) is 5.21. The number of nitrogens with two attached hydrogens (primary N) is 1. The molecule has 1 aliphatic carbocycles. The van der Waals surface area contributed by atoms with Crippen molar-refractivity contribution in [3.63, 3.8) is 0 Å². The number of Topliss-reactive ketones (excluding diaryl/α,β-unsaturated/α-hetero) is 1. The van der Waals surface area contributed by atoms with Gasteiger partial charge in [0.05, 0.1) is 0 Å². The molecule has 1 aromatic carbocycles. The molecule has 2 nitrogen and oxygen atoms in total. The van der Waals surface area contributed by atoms with E-state index in [1.807, 2.05) is 43.3 Å². The Balaban J connectivity index is 2.40. The van der Waals surface area contributed by atoms with Crippen LogP contribution in [0.5, 0.6) is 0 Å². The summed E-state index contributed by atoms with van der Waals surface area (Å²) in [6.07, 6.45) is 3.78. The highest BCUT2D eigenvalue weighted by Crippen LogP contribution is 2.30. The number of hydrogen-bond donors (Lipinski definition) is 1. The lowest BCUT2D eigenvalue weighted by Gasteiger charge is -2.23. The largest absolute Gasteiger partial charge is 0.398 e. The molecule has 2 N–H and O–H groups in total. The minimum absolute atomic E-state index is 0.0180. The SMILES string of the molecule is CC1C(C(=O)c2ccccc2)=C(N)C=CC1Br. The Hall–Kier alpha value is -1.35. The summed E-state index contributed by atoms with van der Waals surface area (Å²) in [4.78, 5) is 12.5. The molecular weight excluding hydrogens is 278 g/mol. The summed E-state index contributed by atoms with van der Waals surface area (Å²) in [5, 5.41) is 0. The summed E-state index contributed by atoms with van der Waals surface area (Å²) in [5.74, 6) is 0.108. The van der Waals surface area contributed by atoms with E-state index in [2.05, 4.69) is 15.9 Å². The van der Waals surface area contributed by atoms with Gasteiger partial charge in [-0.05, 0) is 6.08 Å². The molecule has 2 unspecified atom stereocenters. The molecule has 0 radical (unpaired) electrons. The Morgan fingerprint density at radius 2 is 1.94 bits per heavy atom. The van der Waals surface area contributed by atoms with E-state index in [-0.39, 0.29) is 16.5 Å². The molecule has 0 aliphatic heterocycles. The third-order valence-electron chi connectivity index (χ3n) is 2.98. The molecule has 0 aromatic heterocycles. The number of allylic oxidation sites excluding steroid dienone is 3. The standard InChI is InChI=1S/C14H14BrNO/c1-9-11(15)7-8-12(16)13(9)14(17)10-5-3-2-4-6-10/h2-9,11H,16H2,1H3. The maximum atomic E-state index is 12.4. The van der Waals surface area contributed by atoms with Crippen molar-refractivity contribution in [1.82, 2.24) is 0 Å². The molecular formula is C14H14BrNO. The van der Waals surface area contributed by atoms with Crippen LogP contribution in [0.3, 0.4) is 0 Å². The van der Waals surface area contributed by atoms with Crippen LogP contribution in [0.25, 0.3) is 0 Å². The van der Waals surface area contributed by atoms with Gasteiger partial charge in [-0.25, -0.2) is 0 Å². The van der Waals surface area contributed by atoms with Gasteiger partial charge in [-0.2, -0.15) is 0 Å². The number of benzene rings is 1. The predicted molar refractivity (Wildman–Crippen MR) is 73.0 cm³/mol. The zero-order chi connectivity index (χ0) is 12.4. The number of carbonyl (C=O) groups is 1. The fourth-order valence-corrected chi connectivity index (χ4v) is 2.37. The molecule has 0 spiro atoms. The highest BCUT2D eigenvalue weighted by Gasteiger charge is 2.27. The third kappa shape index (κ3) is 2.34. The second-order valence-electron chi connectivity index (χ2n) is 4.16. The number of rotatable bonds is 2. The van der Waals surface area contributed by atoms with Crippen LogP contribution in [0.1, 0.15) is 17.3 Å². The first-order chi connectivity index (χ1) is 8.11. The summed E-state index contributed by atoms with van der Waals surface area (Å²) < 4.78 is 0. The van der Waals surface area contributed by atoms with Gasteiger partial charge in [0.25, 0.3) is 0 Å². The molecule has 88 valence electrons. The smallest absolute Gasteiger partial charge is 0.191 e. The van der Waals surface area contributed by atoms with Crippen molar-refractivity contribution < 1.29 is 4.79 Å². The fourth-order valence-electron chi connectivity index (χ4n) is 1.96. The first-order valence-electron chi connectivity index (χ1n) is 5.53. The number of hydrogen-bond acceptors (Lipinski definition) is 2. The average Bonchev–Trinajstić information content (AvgIpc) is 2.35. The number of carbonyl (C=O) groups excluding carboxylic acids is 1. The number of alkyl halides is 1. The molecule has 0 fully saturated rings. The fraction of sp³-hybridized carbons (Fsp3) is 0.214. The van der Waals surface area contributed by atoms with E-state index in [0.29, 0.717) is 16.8 Å². The summed E-state index contributed by atoms with van der Waals surface area (Å²) in [5.41, 5.74) is 7.87. The molecule has 0 saturated carbocycles. The topological polar surface area (TPSA) is 43.1 Å². The lowest BCUT2D eigenvalue weighted by molar-refractivity contribution is 0.102. The molecule has 0 amide bonds. The van der Waals surface area contributed by atoms with Gasteiger partial charge in [-0.15, -0.1) is 0 Å². The normalized spacial score (nSPS) is 23.9. The number of halogens is 1. The van der Waals surface area contributed by atoms with Gasteiger partial charge in [-0.3, -0.25) is 4.79 Å². The maximum absolute atomic E-state index is 12.4. The van der Waals surface area contributed by atoms with Gasteiger partial charge < -0.3 is 5.73 Å². The van der Waals surface area contributed by atoms with Crippen molar-refractivity contribution in [2.45, 2.75) is 11.8 Å². The number of ketones is 1. The quantitative estimate of drug-likeness (QED) is 0.672. The van der Waals surface area contributed by atoms with Gasteiger partial charge in [0.1, 0.15) is 0 Å². The lowest BCUT2D eigenvalue weighted by Crippen LogP contribution is -2.25. The predicted octanol–water partition coefficient (Wildman–Crippen LogP) is 3.05. The highest BCUT2D eigenvalue weighted by atomic mass is 79.9. The van der Waals surface area contributed by atoms with Crippen molar-refractivity contribution in [3.8, 4) is 0 Å². The molecule has 17 heavy (non-hydrogen) atoms. The Bertz CT molecular complexity index is 490. The Kier molecular flexibility index (Phi) is 3.48. The van der Waals surface area contributed by atoms with Crippen LogP contribution in [0.15, 0.2) is 53.8 Å². The van der Waals surface area contributed by atoms with Crippen LogP contribution in [0, 0.1) is 5.92 Å². The zero-order valence-electron chi connectivity index (χ0n) is 9.56. The van der Waals surface area contributed by atoms with Crippen molar-refractivity contribution in [3.05, 3.63) is 59.3 Å². The molecule has 0 bridgehead atoms. The zero-order valence-corrected chi connectivity index (χ0v) is 11.1. The van der Waals surface area contributed by atoms with E-state index in [1.54, 1.807) is 6.08 Å². The lowest BCUT2D eigenvalue weighted by atomic mass is 9.86. The third-order valence-corrected chi connectivity index (χ3v) is 4.08. The van der Waals surface area contributed by atoms with E-state index in [4.69, 9.17) is 5.73 Å². The van der Waals surface area contributed by atoms with E-state index in [0.717, 1.165) is 0 Å². The van der Waals surface area contributed by atoms with Gasteiger partial charge >= 0.3 is 0 Å². The van der Waals surface area contributed by atoms with Crippen LogP contribution in [-0.4, -0.2) is 10.6 Å². The second kappa shape index (κ2) is 4.88. The first kappa shape index (κ1) is 12.1. The molecule has 2 rings (SSSR count). The first-order valence-corrected chi connectivity index (χ1v) is 6.44. The molecule has 0 saturated heterocycles. The van der Waals surface area contributed by atoms with Crippen molar-refractivity contribution in [2.24, 2.45) is 11.7 Å². The van der Waals surface area contributed by atoms with Crippen molar-refractivity contribution in [1.29, 1.82) is 0 Å². The van der Waals surface area contributed by atoms with E-state index in [9.17, 15) is 4.79 Å². The monoisotopic (exact) mass is 291 g/mol. The van der Waals surface area contributed by atoms with E-state index in [1.165, 1.54) is 0 Å². The summed E-state index contributed by atoms with van der Waals surface area (Å²) >= 11 is 3.53. The van der Waals surface area contributed by atoms with Gasteiger partial charge in [0.2, 0.25) is 0 Å². The summed E-state index contributed by atoms with van der Waals surface area (Å²) in [7, 11) is 0. The van der Waals surface area contributed by atoms with Crippen LogP contribution in [-0.2, 0) is 0 Å². The highest BCUT2D eigenvalue weighted by molar-refractivity contribution is 9.09. The Morgan fingerprint density at radius 1 is 1.29 bits per heavy atom. The molecule has 2 atom stereocenters. The Morgan fingerprint density at radius 3 is 2.59 bits per heavy atom. The molecule has 3 heteroatoms. The van der Waals surface area contributed by atoms with Crippen LogP contribution in [0.4, 0.5) is 0 Å². The van der Waals surface area contributed by atoms with E-state index < -0.39 is 0 Å². The van der Waals surface area contributed by atoms with Gasteiger partial charge in [-0.1, -0.05) is 59.3 Å². The van der Waals surface area contributed by atoms with Crippen LogP contribution >= 0.6 is 15.9 Å². The average molecular weight is 292 g/mol. The summed E-state index contributed by atoms with van der Waals surface area (Å²) in [6, 6.07) is 9.25. The van der Waals surface area contributed by atoms with E-state index >= 15 is 0 Å².